The normalized spacial score (nSPS) is 15.6. The van der Waals surface area contributed by atoms with Crippen LogP contribution in [0.1, 0.15) is 42.4 Å². The van der Waals surface area contributed by atoms with Crippen molar-refractivity contribution in [3.05, 3.63) is 41.1 Å². The molecule has 0 N–H and O–H groups in total. The Balaban J connectivity index is 1.59. The van der Waals surface area contributed by atoms with Crippen LogP contribution in [0.2, 0.25) is 0 Å². The van der Waals surface area contributed by atoms with Crippen LogP contribution in [0, 0.1) is 0 Å². The van der Waals surface area contributed by atoms with E-state index in [1.165, 1.54) is 18.3 Å². The fraction of sp³-hybridized carbons (Fsp3) is 0.353. The quantitative estimate of drug-likeness (QED) is 0.696. The van der Waals surface area contributed by atoms with Gasteiger partial charge in [0.25, 0.3) is 11.8 Å². The van der Waals surface area contributed by atoms with Gasteiger partial charge in [0, 0.05) is 12.6 Å². The van der Waals surface area contributed by atoms with E-state index in [0.717, 1.165) is 29.1 Å². The van der Waals surface area contributed by atoms with Crippen LogP contribution in [0.3, 0.4) is 0 Å². The molecule has 1 atom stereocenters. The number of amides is 1. The van der Waals surface area contributed by atoms with Crippen LogP contribution in [0.25, 0.3) is 10.8 Å². The number of carbonyl (C=O) groups is 1. The van der Waals surface area contributed by atoms with Crippen molar-refractivity contribution < 1.29 is 13.6 Å². The molecule has 0 spiro atoms. The minimum Gasteiger partial charge on any atom is -0.417 e. The Morgan fingerprint density at radius 2 is 2.23 bits per heavy atom. The number of halogens is 1. The maximum Gasteiger partial charge on any atom is 0.259 e. The lowest BCUT2D eigenvalue weighted by atomic mass is 10.1. The third-order valence-electron chi connectivity index (χ3n) is 4.15. The zero-order valence-corrected chi connectivity index (χ0v) is 14.9. The molecule has 3 aromatic heterocycles. The van der Waals surface area contributed by atoms with Crippen molar-refractivity contribution in [2.75, 3.05) is 4.90 Å². The molecule has 0 aliphatic carbocycles. The number of thiazole rings is 1. The second kappa shape index (κ2) is 6.91. The van der Waals surface area contributed by atoms with E-state index >= 15 is 0 Å². The summed E-state index contributed by atoms with van der Waals surface area (Å²) in [6.07, 6.45) is 5.92. The minimum absolute atomic E-state index is 0.0554. The molecule has 4 heterocycles. The first-order valence-electron chi connectivity index (χ1n) is 8.27. The molecular formula is C17H16FN5O2S. The highest BCUT2D eigenvalue weighted by atomic mass is 32.1. The SMILES string of the molecule is CC(F)c1nnc(-c2cnc(CN3C(=O)CCCc4ccncc43)s2)o1. The Hall–Kier alpha value is -2.68. The summed E-state index contributed by atoms with van der Waals surface area (Å²) >= 11 is 1.34. The van der Waals surface area contributed by atoms with E-state index < -0.39 is 6.17 Å². The Morgan fingerprint density at radius 1 is 1.35 bits per heavy atom. The lowest BCUT2D eigenvalue weighted by molar-refractivity contribution is -0.118. The number of aryl methyl sites for hydroxylation is 1. The predicted octanol–water partition coefficient (Wildman–Crippen LogP) is 3.49. The molecule has 0 fully saturated rings. The maximum absolute atomic E-state index is 13.2. The summed E-state index contributed by atoms with van der Waals surface area (Å²) in [4.78, 5) is 23.4. The van der Waals surface area contributed by atoms with Crippen LogP contribution in [-0.4, -0.2) is 26.1 Å². The van der Waals surface area contributed by atoms with Gasteiger partial charge in [-0.1, -0.05) is 0 Å². The first-order chi connectivity index (χ1) is 12.6. The van der Waals surface area contributed by atoms with E-state index in [2.05, 4.69) is 20.2 Å². The van der Waals surface area contributed by atoms with Crippen molar-refractivity contribution in [2.45, 2.75) is 38.9 Å². The topological polar surface area (TPSA) is 85.0 Å². The average Bonchev–Trinajstić information content (AvgIpc) is 3.26. The first kappa shape index (κ1) is 16.8. The lowest BCUT2D eigenvalue weighted by Crippen LogP contribution is -2.29. The number of aromatic nitrogens is 4. The molecule has 26 heavy (non-hydrogen) atoms. The van der Waals surface area contributed by atoms with Crippen molar-refractivity contribution in [2.24, 2.45) is 0 Å². The zero-order chi connectivity index (χ0) is 18.1. The van der Waals surface area contributed by atoms with Crippen LogP contribution in [0.15, 0.2) is 29.1 Å². The first-order valence-corrected chi connectivity index (χ1v) is 9.09. The van der Waals surface area contributed by atoms with Crippen LogP contribution < -0.4 is 4.90 Å². The standard InChI is InChI=1S/C17H16FN5O2S/c1-10(18)16-21-22-17(25-16)13-8-20-14(26-13)9-23-12-7-19-6-5-11(12)3-2-4-15(23)24/h5-8,10H,2-4,9H2,1H3. The molecule has 7 nitrogen and oxygen atoms in total. The third-order valence-corrected chi connectivity index (χ3v) is 5.12. The highest BCUT2D eigenvalue weighted by Crippen LogP contribution is 2.31. The van der Waals surface area contributed by atoms with Gasteiger partial charge in [0.05, 0.1) is 24.6 Å². The molecule has 134 valence electrons. The number of rotatable bonds is 4. The van der Waals surface area contributed by atoms with E-state index in [1.54, 1.807) is 23.5 Å². The third kappa shape index (κ3) is 3.22. The molecule has 1 aliphatic rings. The van der Waals surface area contributed by atoms with Gasteiger partial charge in [0.1, 0.15) is 9.88 Å². The minimum atomic E-state index is -1.32. The molecule has 1 aliphatic heterocycles. The number of fused-ring (bicyclic) bond motifs is 1. The Labute approximate surface area is 152 Å². The lowest BCUT2D eigenvalue weighted by Gasteiger charge is -2.21. The van der Waals surface area contributed by atoms with E-state index in [1.807, 2.05) is 6.07 Å². The Morgan fingerprint density at radius 3 is 3.04 bits per heavy atom. The van der Waals surface area contributed by atoms with Crippen LogP contribution in [0.5, 0.6) is 0 Å². The number of hydrogen-bond acceptors (Lipinski definition) is 7. The molecule has 0 aromatic carbocycles. The van der Waals surface area contributed by atoms with Gasteiger partial charge < -0.3 is 9.32 Å². The maximum atomic E-state index is 13.2. The van der Waals surface area contributed by atoms with Gasteiger partial charge in [-0.25, -0.2) is 9.37 Å². The average molecular weight is 373 g/mol. The molecule has 4 rings (SSSR count). The van der Waals surface area contributed by atoms with Crippen LogP contribution in [0.4, 0.5) is 10.1 Å². The molecule has 0 saturated carbocycles. The predicted molar refractivity (Wildman–Crippen MR) is 93.3 cm³/mol. The molecule has 3 aromatic rings. The summed E-state index contributed by atoms with van der Waals surface area (Å²) in [7, 11) is 0. The highest BCUT2D eigenvalue weighted by molar-refractivity contribution is 7.15. The van der Waals surface area contributed by atoms with Gasteiger partial charge in [0.15, 0.2) is 6.17 Å². The van der Waals surface area contributed by atoms with Gasteiger partial charge in [-0.3, -0.25) is 9.78 Å². The van der Waals surface area contributed by atoms with Gasteiger partial charge in [-0.2, -0.15) is 0 Å². The summed E-state index contributed by atoms with van der Waals surface area (Å²) in [5, 5.41) is 8.28. The van der Waals surface area contributed by atoms with Crippen molar-refractivity contribution in [1.82, 2.24) is 20.2 Å². The molecule has 9 heteroatoms. The van der Waals surface area contributed by atoms with E-state index in [-0.39, 0.29) is 17.7 Å². The Bertz CT molecular complexity index is 939. The van der Waals surface area contributed by atoms with E-state index in [4.69, 9.17) is 4.42 Å². The summed E-state index contributed by atoms with van der Waals surface area (Å²) in [5.41, 5.74) is 1.94. The van der Waals surface area contributed by atoms with Crippen molar-refractivity contribution in [3.8, 4) is 10.8 Å². The number of nitrogens with zero attached hydrogens (tertiary/aromatic N) is 5. The van der Waals surface area contributed by atoms with Crippen molar-refractivity contribution in [3.63, 3.8) is 0 Å². The number of carbonyl (C=O) groups excluding carboxylic acids is 1. The highest BCUT2D eigenvalue weighted by Gasteiger charge is 2.24. The number of alkyl halides is 1. The Kier molecular flexibility index (Phi) is 4.46. The smallest absolute Gasteiger partial charge is 0.259 e. The largest absolute Gasteiger partial charge is 0.417 e. The summed E-state index contributed by atoms with van der Waals surface area (Å²) in [5.74, 6) is 0.231. The monoisotopic (exact) mass is 373 g/mol. The number of pyridine rings is 1. The molecular weight excluding hydrogens is 357 g/mol. The molecule has 1 unspecified atom stereocenters. The van der Waals surface area contributed by atoms with Crippen molar-refractivity contribution >= 4 is 22.9 Å². The molecule has 0 saturated heterocycles. The second-order valence-electron chi connectivity index (χ2n) is 6.02. The molecule has 0 bridgehead atoms. The number of anilines is 1. The second-order valence-corrected chi connectivity index (χ2v) is 7.13. The fourth-order valence-electron chi connectivity index (χ4n) is 2.85. The van der Waals surface area contributed by atoms with Crippen LogP contribution in [-0.2, 0) is 17.8 Å². The molecule has 1 amide bonds. The molecule has 0 radical (unpaired) electrons. The van der Waals surface area contributed by atoms with Gasteiger partial charge in [-0.15, -0.1) is 21.5 Å². The van der Waals surface area contributed by atoms with E-state index in [0.29, 0.717) is 17.8 Å². The summed E-state index contributed by atoms with van der Waals surface area (Å²) in [6.45, 7) is 1.69. The van der Waals surface area contributed by atoms with Gasteiger partial charge in [-0.05, 0) is 31.4 Å². The van der Waals surface area contributed by atoms with Gasteiger partial charge in [0.2, 0.25) is 5.91 Å². The zero-order valence-electron chi connectivity index (χ0n) is 14.1. The van der Waals surface area contributed by atoms with Gasteiger partial charge >= 0.3 is 0 Å². The van der Waals surface area contributed by atoms with Crippen molar-refractivity contribution in [1.29, 1.82) is 0 Å². The summed E-state index contributed by atoms with van der Waals surface area (Å²) in [6, 6.07) is 1.95. The van der Waals surface area contributed by atoms with Crippen LogP contribution >= 0.6 is 11.3 Å². The fourth-order valence-corrected chi connectivity index (χ4v) is 3.68. The number of hydrogen-bond donors (Lipinski definition) is 0. The summed E-state index contributed by atoms with van der Waals surface area (Å²) < 4.78 is 18.6. The van der Waals surface area contributed by atoms with E-state index in [9.17, 15) is 9.18 Å².